The summed E-state index contributed by atoms with van der Waals surface area (Å²) in [5.41, 5.74) is 1.27. The van der Waals surface area contributed by atoms with Gasteiger partial charge in [0.2, 0.25) is 6.54 Å². The largest absolute Gasteiger partial charge is 0.508 e. The van der Waals surface area contributed by atoms with Crippen LogP contribution in [-0.4, -0.2) is 11.7 Å². The van der Waals surface area contributed by atoms with Crippen molar-refractivity contribution in [2.75, 3.05) is 6.54 Å². The summed E-state index contributed by atoms with van der Waals surface area (Å²) in [4.78, 5) is 3.62. The van der Waals surface area contributed by atoms with Gasteiger partial charge in [-0.1, -0.05) is 31.4 Å². The average molecular weight is 215 g/mol. The molecule has 1 fully saturated rings. The molecule has 0 bridgehead atoms. The normalized spacial score (nSPS) is 18.9. The van der Waals surface area contributed by atoms with Crippen molar-refractivity contribution >= 4 is 0 Å². The Morgan fingerprint density at radius 1 is 1.12 bits per heavy atom. The Hall–Kier alpha value is -1.49. The number of rotatable bonds is 2. The second-order valence-electron chi connectivity index (χ2n) is 4.70. The van der Waals surface area contributed by atoms with Crippen LogP contribution in [0.1, 0.15) is 37.7 Å². The van der Waals surface area contributed by atoms with Crippen molar-refractivity contribution in [3.05, 3.63) is 41.2 Å². The maximum Gasteiger partial charge on any atom is 0.224 e. The molecule has 1 aromatic carbocycles. The third-order valence-corrected chi connectivity index (χ3v) is 3.67. The van der Waals surface area contributed by atoms with E-state index in [1.165, 1.54) is 24.8 Å². The van der Waals surface area contributed by atoms with Crippen molar-refractivity contribution in [3.8, 4) is 5.75 Å². The van der Waals surface area contributed by atoms with Gasteiger partial charge in [-0.2, -0.15) is 0 Å². The summed E-state index contributed by atoms with van der Waals surface area (Å²) in [7, 11) is 0. The molecule has 0 saturated heterocycles. The standard InChI is InChI=1S/C14H17NO/c1-15-11-14(9-3-2-4-10-14)12-5-7-13(16)8-6-12/h5-8,16H,2-4,9-11H2. The van der Waals surface area contributed by atoms with Gasteiger partial charge in [0.25, 0.3) is 0 Å². The first kappa shape index (κ1) is 11.0. The second-order valence-corrected chi connectivity index (χ2v) is 4.70. The molecule has 1 N–H and O–H groups in total. The van der Waals surface area contributed by atoms with Gasteiger partial charge in [-0.05, 0) is 30.5 Å². The van der Waals surface area contributed by atoms with E-state index in [4.69, 9.17) is 6.57 Å². The van der Waals surface area contributed by atoms with Crippen molar-refractivity contribution in [1.82, 2.24) is 0 Å². The minimum atomic E-state index is 0.0493. The molecule has 0 amide bonds. The number of hydrogen-bond donors (Lipinski definition) is 1. The Morgan fingerprint density at radius 2 is 1.75 bits per heavy atom. The third-order valence-electron chi connectivity index (χ3n) is 3.67. The molecule has 2 rings (SSSR count). The number of benzene rings is 1. The third kappa shape index (κ3) is 2.04. The molecule has 0 heterocycles. The summed E-state index contributed by atoms with van der Waals surface area (Å²) >= 11 is 0. The van der Waals surface area contributed by atoms with Crippen molar-refractivity contribution in [3.63, 3.8) is 0 Å². The maximum atomic E-state index is 9.31. The molecule has 0 spiro atoms. The van der Waals surface area contributed by atoms with Crippen molar-refractivity contribution in [2.24, 2.45) is 0 Å². The first-order chi connectivity index (χ1) is 7.77. The van der Waals surface area contributed by atoms with E-state index >= 15 is 0 Å². The Morgan fingerprint density at radius 3 is 2.31 bits per heavy atom. The van der Waals surface area contributed by atoms with Gasteiger partial charge in [-0.3, -0.25) is 0 Å². The smallest absolute Gasteiger partial charge is 0.224 e. The Balaban J connectivity index is 2.31. The Bertz CT molecular complexity index is 382. The predicted molar refractivity (Wildman–Crippen MR) is 64.3 cm³/mol. The number of aromatic hydroxyl groups is 1. The quantitative estimate of drug-likeness (QED) is 0.750. The number of nitrogens with zero attached hydrogens (tertiary/aromatic N) is 1. The summed E-state index contributed by atoms with van der Waals surface area (Å²) in [6.45, 7) is 7.71. The number of phenols is 1. The van der Waals surface area contributed by atoms with Gasteiger partial charge in [0.1, 0.15) is 5.75 Å². The highest BCUT2D eigenvalue weighted by molar-refractivity contribution is 5.33. The number of phenolic OH excluding ortho intramolecular Hbond substituents is 1. The van der Waals surface area contributed by atoms with Crippen LogP contribution in [0.5, 0.6) is 5.75 Å². The molecule has 0 unspecified atom stereocenters. The Labute approximate surface area is 96.7 Å². The molecule has 0 aliphatic heterocycles. The fourth-order valence-electron chi connectivity index (χ4n) is 2.73. The van der Waals surface area contributed by atoms with Crippen LogP contribution < -0.4 is 0 Å². The summed E-state index contributed by atoms with van der Waals surface area (Å²) < 4.78 is 0. The fraction of sp³-hybridized carbons (Fsp3) is 0.500. The van der Waals surface area contributed by atoms with Crippen LogP contribution in [-0.2, 0) is 5.41 Å². The van der Waals surface area contributed by atoms with Crippen LogP contribution in [0.3, 0.4) is 0 Å². The van der Waals surface area contributed by atoms with Gasteiger partial charge in [0.05, 0.1) is 5.41 Å². The molecule has 2 nitrogen and oxygen atoms in total. The average Bonchev–Trinajstić information content (AvgIpc) is 2.31. The minimum Gasteiger partial charge on any atom is -0.508 e. The zero-order valence-corrected chi connectivity index (χ0v) is 9.45. The monoisotopic (exact) mass is 215 g/mol. The van der Waals surface area contributed by atoms with E-state index in [0.717, 1.165) is 12.8 Å². The Kier molecular flexibility index (Phi) is 3.14. The molecule has 0 aromatic heterocycles. The molecule has 1 aromatic rings. The fourth-order valence-corrected chi connectivity index (χ4v) is 2.73. The van der Waals surface area contributed by atoms with Crippen molar-refractivity contribution < 1.29 is 5.11 Å². The lowest BCUT2D eigenvalue weighted by Gasteiger charge is -2.33. The molecule has 16 heavy (non-hydrogen) atoms. The van der Waals surface area contributed by atoms with Crippen LogP contribution in [0, 0.1) is 6.57 Å². The van der Waals surface area contributed by atoms with Crippen LogP contribution in [0.15, 0.2) is 24.3 Å². The van der Waals surface area contributed by atoms with E-state index in [9.17, 15) is 5.11 Å². The molecule has 0 atom stereocenters. The van der Waals surface area contributed by atoms with Gasteiger partial charge in [-0.15, -0.1) is 0 Å². The minimum absolute atomic E-state index is 0.0493. The molecular formula is C14H17NO. The lowest BCUT2D eigenvalue weighted by Crippen LogP contribution is -2.31. The maximum absolute atomic E-state index is 9.31. The summed E-state index contributed by atoms with van der Waals surface area (Å²) in [5, 5.41) is 9.31. The lowest BCUT2D eigenvalue weighted by molar-refractivity contribution is 0.313. The molecule has 1 aliphatic rings. The highest BCUT2D eigenvalue weighted by Crippen LogP contribution is 2.40. The topological polar surface area (TPSA) is 24.6 Å². The zero-order chi connectivity index (χ0) is 11.4. The molecule has 2 heteroatoms. The van der Waals surface area contributed by atoms with Crippen LogP contribution >= 0.6 is 0 Å². The van der Waals surface area contributed by atoms with E-state index in [1.54, 1.807) is 12.1 Å². The van der Waals surface area contributed by atoms with E-state index < -0.39 is 0 Å². The second kappa shape index (κ2) is 4.57. The SMILES string of the molecule is [C-]#[N+]CC1(c2ccc(O)cc2)CCCCC1. The lowest BCUT2D eigenvalue weighted by atomic mass is 9.69. The van der Waals surface area contributed by atoms with E-state index in [-0.39, 0.29) is 5.41 Å². The highest BCUT2D eigenvalue weighted by atomic mass is 16.3. The van der Waals surface area contributed by atoms with Gasteiger partial charge in [0.15, 0.2) is 0 Å². The molecule has 0 radical (unpaired) electrons. The zero-order valence-electron chi connectivity index (χ0n) is 9.45. The van der Waals surface area contributed by atoms with Crippen LogP contribution in [0.4, 0.5) is 0 Å². The van der Waals surface area contributed by atoms with Gasteiger partial charge >= 0.3 is 0 Å². The van der Waals surface area contributed by atoms with Crippen molar-refractivity contribution in [2.45, 2.75) is 37.5 Å². The van der Waals surface area contributed by atoms with Gasteiger partial charge in [0, 0.05) is 0 Å². The summed E-state index contributed by atoms with van der Waals surface area (Å²) in [6.07, 6.45) is 5.95. The molecule has 1 saturated carbocycles. The van der Waals surface area contributed by atoms with E-state index in [1.807, 2.05) is 12.1 Å². The first-order valence-electron chi connectivity index (χ1n) is 5.90. The summed E-state index contributed by atoms with van der Waals surface area (Å²) in [5.74, 6) is 0.303. The molecule has 84 valence electrons. The highest BCUT2D eigenvalue weighted by Gasteiger charge is 2.36. The van der Waals surface area contributed by atoms with E-state index in [0.29, 0.717) is 12.3 Å². The predicted octanol–water partition coefficient (Wildman–Crippen LogP) is 3.51. The van der Waals surface area contributed by atoms with E-state index in [2.05, 4.69) is 4.85 Å². The van der Waals surface area contributed by atoms with Crippen molar-refractivity contribution in [1.29, 1.82) is 0 Å². The number of hydrogen-bond acceptors (Lipinski definition) is 1. The molecular weight excluding hydrogens is 198 g/mol. The van der Waals surface area contributed by atoms with Crippen LogP contribution in [0.2, 0.25) is 0 Å². The van der Waals surface area contributed by atoms with Crippen LogP contribution in [0.25, 0.3) is 4.85 Å². The molecule has 1 aliphatic carbocycles. The first-order valence-corrected chi connectivity index (χ1v) is 5.90. The van der Waals surface area contributed by atoms with Gasteiger partial charge < -0.3 is 9.95 Å². The van der Waals surface area contributed by atoms with Gasteiger partial charge in [-0.25, -0.2) is 6.57 Å². The summed E-state index contributed by atoms with van der Waals surface area (Å²) in [6, 6.07) is 7.42.